The number of hydrogen-bond donors (Lipinski definition) is 1. The summed E-state index contributed by atoms with van der Waals surface area (Å²) in [5.74, 6) is 1.07. The Hall–Kier alpha value is -0.920. The van der Waals surface area contributed by atoms with Gasteiger partial charge in [0.25, 0.3) is 0 Å². The van der Waals surface area contributed by atoms with Crippen molar-refractivity contribution in [3.05, 3.63) is 47.1 Å². The number of alkyl halides is 1. The second-order valence-electron chi connectivity index (χ2n) is 3.74. The maximum atomic E-state index is 6.01. The molecule has 1 aromatic heterocycles. The van der Waals surface area contributed by atoms with Crippen molar-refractivity contribution in [3.63, 3.8) is 0 Å². The first-order valence-electron chi connectivity index (χ1n) is 5.44. The van der Waals surface area contributed by atoms with Crippen LogP contribution in [0.5, 0.6) is 11.6 Å². The first-order chi connectivity index (χ1) is 8.83. The summed E-state index contributed by atoms with van der Waals surface area (Å²) < 4.78 is 9.49. The zero-order valence-corrected chi connectivity index (χ0v) is 12.2. The van der Waals surface area contributed by atoms with Crippen LogP contribution < -0.4 is 29.7 Å². The molecule has 18 heavy (non-hydrogen) atoms. The number of nitrogens with zero attached hydrogens (tertiary/aromatic N) is 2. The average molecular weight is 375 g/mol. The monoisotopic (exact) mass is 374 g/mol. The van der Waals surface area contributed by atoms with Gasteiger partial charge in [-0.15, -0.1) is 0 Å². The molecule has 1 saturated heterocycles. The summed E-state index contributed by atoms with van der Waals surface area (Å²) in [6.07, 6.45) is 0. The quantitative estimate of drug-likeness (QED) is 0.450. The number of benzene rings is 1. The molecule has 1 aliphatic heterocycles. The second kappa shape index (κ2) is 5.38. The second-order valence-corrected chi connectivity index (χ2v) is 7.04. The SMILES string of the molecule is Clc1ccccc1Oc1ccc(C2CN[I-]2)nn1. The van der Waals surface area contributed by atoms with Crippen LogP contribution in [0.4, 0.5) is 0 Å². The van der Waals surface area contributed by atoms with E-state index in [1.54, 1.807) is 12.1 Å². The number of ether oxygens (including phenoxy) is 1. The van der Waals surface area contributed by atoms with E-state index >= 15 is 0 Å². The van der Waals surface area contributed by atoms with Crippen molar-refractivity contribution >= 4 is 11.6 Å². The van der Waals surface area contributed by atoms with Gasteiger partial charge >= 0.3 is 121 Å². The number of hydrogen-bond acceptors (Lipinski definition) is 4. The maximum absolute atomic E-state index is 6.01. The minimum absolute atomic E-state index is 0.0679. The molecular weight excluding hydrogens is 365 g/mol. The minimum atomic E-state index is 0.0679. The first-order valence-corrected chi connectivity index (χ1v) is 8.14. The third-order valence-electron chi connectivity index (χ3n) is 2.50. The Bertz CT molecular complexity index is 545. The molecule has 0 aliphatic carbocycles. The van der Waals surface area contributed by atoms with E-state index in [0.29, 0.717) is 20.6 Å². The average Bonchev–Trinajstić information content (AvgIpc) is 2.32. The van der Waals surface area contributed by atoms with Crippen LogP contribution in [0.1, 0.15) is 9.62 Å². The van der Waals surface area contributed by atoms with Gasteiger partial charge in [-0.1, -0.05) is 0 Å². The summed E-state index contributed by atoms with van der Waals surface area (Å²) in [4.78, 5) is 0. The van der Waals surface area contributed by atoms with Crippen molar-refractivity contribution in [1.82, 2.24) is 13.7 Å². The normalized spacial score (nSPS) is 18.6. The van der Waals surface area contributed by atoms with Crippen molar-refractivity contribution in [2.45, 2.75) is 3.92 Å². The molecule has 0 bridgehead atoms. The molecule has 0 saturated carbocycles. The fourth-order valence-electron chi connectivity index (χ4n) is 1.51. The fraction of sp³-hybridized carbons (Fsp3) is 0.167. The molecule has 3 rings (SSSR count). The Morgan fingerprint density at radius 2 is 2.06 bits per heavy atom. The van der Waals surface area contributed by atoms with Crippen LogP contribution in [0.15, 0.2) is 36.4 Å². The predicted molar refractivity (Wildman–Crippen MR) is 64.3 cm³/mol. The molecule has 94 valence electrons. The number of para-hydroxylation sites is 1. The Labute approximate surface area is 120 Å². The third-order valence-corrected chi connectivity index (χ3v) is 5.52. The fourth-order valence-corrected chi connectivity index (χ4v) is 3.21. The van der Waals surface area contributed by atoms with Gasteiger partial charge in [-0.3, -0.25) is 0 Å². The summed E-state index contributed by atoms with van der Waals surface area (Å²) in [5.41, 5.74) is 1.05. The Morgan fingerprint density at radius 3 is 2.67 bits per heavy atom. The number of nitrogens with one attached hydrogen (secondary N) is 1. The standard InChI is InChI=1S/C12H10ClIN3O/c13-8-3-1-2-4-11(8)18-12-6-5-10(16-17-12)9-7-15-14-9/h1-6,9,15H,7H2/q-1. The Kier molecular flexibility index (Phi) is 3.62. The van der Waals surface area contributed by atoms with E-state index in [0.717, 1.165) is 12.2 Å². The first kappa shape index (κ1) is 12.1. The summed E-state index contributed by atoms with van der Waals surface area (Å²) in [7, 11) is 0. The van der Waals surface area contributed by atoms with Crippen molar-refractivity contribution < 1.29 is 26.2 Å². The van der Waals surface area contributed by atoms with E-state index in [2.05, 4.69) is 13.7 Å². The molecule has 0 radical (unpaired) electrons. The van der Waals surface area contributed by atoms with Gasteiger partial charge < -0.3 is 0 Å². The van der Waals surface area contributed by atoms with E-state index in [1.807, 2.05) is 24.3 Å². The molecule has 0 spiro atoms. The van der Waals surface area contributed by atoms with Crippen molar-refractivity contribution in [3.8, 4) is 11.6 Å². The Morgan fingerprint density at radius 1 is 1.22 bits per heavy atom. The van der Waals surface area contributed by atoms with Crippen LogP contribution >= 0.6 is 11.6 Å². The summed E-state index contributed by atoms with van der Waals surface area (Å²) in [6, 6.07) is 11.1. The molecule has 1 unspecified atom stereocenters. The molecule has 4 nitrogen and oxygen atoms in total. The van der Waals surface area contributed by atoms with E-state index in [9.17, 15) is 0 Å². The van der Waals surface area contributed by atoms with Crippen molar-refractivity contribution in [1.29, 1.82) is 0 Å². The number of rotatable bonds is 3. The van der Waals surface area contributed by atoms with Crippen LogP contribution in [-0.2, 0) is 0 Å². The van der Waals surface area contributed by atoms with E-state index < -0.39 is 0 Å². The zero-order chi connectivity index (χ0) is 12.4. The van der Waals surface area contributed by atoms with Gasteiger partial charge in [0.1, 0.15) is 0 Å². The molecule has 1 aliphatic rings. The molecule has 1 N–H and O–H groups in total. The number of halogens is 2. The summed E-state index contributed by atoms with van der Waals surface area (Å²) in [5, 5.41) is 8.84. The zero-order valence-electron chi connectivity index (χ0n) is 9.31. The van der Waals surface area contributed by atoms with E-state index in [4.69, 9.17) is 16.3 Å². The van der Waals surface area contributed by atoms with Crippen molar-refractivity contribution in [2.24, 2.45) is 0 Å². The third kappa shape index (κ3) is 2.57. The van der Waals surface area contributed by atoms with E-state index in [1.165, 1.54) is 0 Å². The van der Waals surface area contributed by atoms with Crippen LogP contribution in [0.2, 0.25) is 5.02 Å². The van der Waals surface area contributed by atoms with Crippen LogP contribution in [0.3, 0.4) is 0 Å². The molecule has 1 aromatic carbocycles. The summed E-state index contributed by atoms with van der Waals surface area (Å²) >= 11 is 6.08. The van der Waals surface area contributed by atoms with Gasteiger partial charge in [-0.2, -0.15) is 0 Å². The molecule has 0 amide bonds. The predicted octanol–water partition coefficient (Wildman–Crippen LogP) is -0.429. The van der Waals surface area contributed by atoms with Gasteiger partial charge in [-0.05, 0) is 0 Å². The summed E-state index contributed by atoms with van der Waals surface area (Å²) in [6.45, 7) is 1.02. The number of aromatic nitrogens is 2. The van der Waals surface area contributed by atoms with Gasteiger partial charge in [-0.25, -0.2) is 0 Å². The molecular formula is C12H10ClIN3O-. The van der Waals surface area contributed by atoms with Crippen LogP contribution in [-0.4, -0.2) is 16.7 Å². The van der Waals surface area contributed by atoms with Gasteiger partial charge in [0.2, 0.25) is 0 Å². The molecule has 1 atom stereocenters. The molecule has 2 aromatic rings. The topological polar surface area (TPSA) is 47.0 Å². The van der Waals surface area contributed by atoms with Gasteiger partial charge in [0.05, 0.1) is 0 Å². The Balaban J connectivity index is 1.75. The van der Waals surface area contributed by atoms with Crippen molar-refractivity contribution in [2.75, 3.05) is 6.54 Å². The van der Waals surface area contributed by atoms with Crippen LogP contribution in [0.25, 0.3) is 0 Å². The molecule has 1 fully saturated rings. The van der Waals surface area contributed by atoms with E-state index in [-0.39, 0.29) is 21.5 Å². The van der Waals surface area contributed by atoms with Gasteiger partial charge in [0.15, 0.2) is 0 Å². The van der Waals surface area contributed by atoms with Crippen LogP contribution in [0, 0.1) is 0 Å². The molecule has 6 heteroatoms. The molecule has 2 heterocycles. The van der Waals surface area contributed by atoms with Gasteiger partial charge in [0, 0.05) is 0 Å².